The van der Waals surface area contributed by atoms with Crippen LogP contribution in [0.15, 0.2) is 48.5 Å². The van der Waals surface area contributed by atoms with E-state index in [1.807, 2.05) is 0 Å². The Bertz CT molecular complexity index is 949. The van der Waals surface area contributed by atoms with Crippen molar-refractivity contribution < 1.29 is 28.4 Å². The van der Waals surface area contributed by atoms with Gasteiger partial charge >= 0.3 is 5.97 Å². The molecule has 2 N–H and O–H groups in total. The van der Waals surface area contributed by atoms with Gasteiger partial charge in [-0.15, -0.1) is 0 Å². The molecule has 0 fully saturated rings. The van der Waals surface area contributed by atoms with Crippen LogP contribution in [0, 0.1) is 15.9 Å². The number of benzene rings is 2. The van der Waals surface area contributed by atoms with Crippen molar-refractivity contribution in [3.05, 3.63) is 70.0 Å². The predicted molar refractivity (Wildman–Crippen MR) is 101 cm³/mol. The fraction of sp³-hybridized carbons (Fsp3) is 0.211. The Morgan fingerprint density at radius 2 is 1.79 bits per heavy atom. The van der Waals surface area contributed by atoms with E-state index in [0.717, 1.165) is 12.1 Å². The van der Waals surface area contributed by atoms with Gasteiger partial charge in [0.05, 0.1) is 4.92 Å². The van der Waals surface area contributed by atoms with Gasteiger partial charge in [-0.2, -0.15) is 0 Å². The molecule has 2 amide bonds. The summed E-state index contributed by atoms with van der Waals surface area (Å²) < 4.78 is 18.2. The van der Waals surface area contributed by atoms with Crippen molar-refractivity contribution >= 4 is 29.2 Å². The first kappa shape index (κ1) is 21.5. The molecule has 0 aliphatic carbocycles. The molecule has 0 unspecified atom stereocenters. The van der Waals surface area contributed by atoms with Crippen LogP contribution >= 0.6 is 0 Å². The number of nitro benzene ring substituents is 1. The summed E-state index contributed by atoms with van der Waals surface area (Å²) in [7, 11) is 0. The van der Waals surface area contributed by atoms with Crippen molar-refractivity contribution in [1.29, 1.82) is 0 Å². The Kier molecular flexibility index (Phi) is 6.96. The molecular weight excluding hydrogens is 385 g/mol. The number of nitro groups is 1. The third kappa shape index (κ3) is 6.09. The second kappa shape index (κ2) is 9.40. The maximum atomic E-state index is 13.2. The molecule has 0 aromatic heterocycles. The van der Waals surface area contributed by atoms with Crippen molar-refractivity contribution in [2.45, 2.75) is 26.0 Å². The molecule has 9 nitrogen and oxygen atoms in total. The van der Waals surface area contributed by atoms with Gasteiger partial charge in [-0.1, -0.05) is 12.1 Å². The third-order valence-corrected chi connectivity index (χ3v) is 3.77. The number of halogens is 1. The Hall–Kier alpha value is -3.82. The van der Waals surface area contributed by atoms with E-state index in [-0.39, 0.29) is 16.9 Å². The highest BCUT2D eigenvalue weighted by molar-refractivity contribution is 5.98. The minimum absolute atomic E-state index is 0.00394. The lowest BCUT2D eigenvalue weighted by molar-refractivity contribution is -0.384. The summed E-state index contributed by atoms with van der Waals surface area (Å²) in [6.07, 6.45) is -1.21. The van der Waals surface area contributed by atoms with Crippen molar-refractivity contribution in [3.63, 3.8) is 0 Å². The van der Waals surface area contributed by atoms with E-state index in [0.29, 0.717) is 0 Å². The molecule has 0 saturated heterocycles. The lowest BCUT2D eigenvalue weighted by Crippen LogP contribution is -2.42. The van der Waals surface area contributed by atoms with Crippen LogP contribution in [-0.4, -0.2) is 34.9 Å². The number of nitrogens with zero attached hydrogens (tertiary/aromatic N) is 1. The van der Waals surface area contributed by atoms with Crippen LogP contribution in [-0.2, 0) is 14.3 Å². The highest BCUT2D eigenvalue weighted by Crippen LogP contribution is 2.13. The first-order chi connectivity index (χ1) is 13.7. The van der Waals surface area contributed by atoms with Crippen LogP contribution in [0.4, 0.5) is 15.8 Å². The van der Waals surface area contributed by atoms with Gasteiger partial charge in [-0.05, 0) is 38.1 Å². The Balaban J connectivity index is 1.92. The van der Waals surface area contributed by atoms with E-state index in [4.69, 9.17) is 4.74 Å². The van der Waals surface area contributed by atoms with Crippen molar-refractivity contribution in [1.82, 2.24) is 5.32 Å². The summed E-state index contributed by atoms with van der Waals surface area (Å²) >= 11 is 0. The number of ether oxygens (including phenoxy) is 1. The minimum atomic E-state index is -1.21. The minimum Gasteiger partial charge on any atom is -0.451 e. The Morgan fingerprint density at radius 3 is 2.45 bits per heavy atom. The molecule has 2 aromatic rings. The molecule has 0 aliphatic heterocycles. The molecule has 0 aliphatic rings. The van der Waals surface area contributed by atoms with Crippen LogP contribution < -0.4 is 10.6 Å². The van der Waals surface area contributed by atoms with Gasteiger partial charge < -0.3 is 15.4 Å². The van der Waals surface area contributed by atoms with E-state index < -0.39 is 40.7 Å². The molecule has 0 bridgehead atoms. The fourth-order valence-electron chi connectivity index (χ4n) is 2.24. The highest BCUT2D eigenvalue weighted by Gasteiger charge is 2.24. The standard InChI is InChI=1S/C19H18FN3O6/c1-11(21-18(25)13-5-3-8-16(9-13)23(27)28)19(26)29-12(2)17(24)22-15-7-4-6-14(20)10-15/h3-12H,1-2H3,(H,21,25)(H,22,24)/t11-,12-/m0/s1. The first-order valence-corrected chi connectivity index (χ1v) is 8.49. The smallest absolute Gasteiger partial charge is 0.329 e. The number of esters is 1. The number of carbonyl (C=O) groups is 3. The monoisotopic (exact) mass is 403 g/mol. The number of hydrogen-bond donors (Lipinski definition) is 2. The van der Waals surface area contributed by atoms with Crippen LogP contribution in [0.3, 0.4) is 0 Å². The third-order valence-electron chi connectivity index (χ3n) is 3.77. The van der Waals surface area contributed by atoms with Crippen LogP contribution in [0.1, 0.15) is 24.2 Å². The van der Waals surface area contributed by atoms with E-state index >= 15 is 0 Å². The van der Waals surface area contributed by atoms with Crippen molar-refractivity contribution in [2.24, 2.45) is 0 Å². The van der Waals surface area contributed by atoms with E-state index in [1.54, 1.807) is 0 Å². The second-order valence-electron chi connectivity index (χ2n) is 6.08. The number of amides is 2. The molecule has 2 atom stereocenters. The lowest BCUT2D eigenvalue weighted by Gasteiger charge is -2.17. The van der Waals surface area contributed by atoms with Crippen molar-refractivity contribution in [3.8, 4) is 0 Å². The maximum Gasteiger partial charge on any atom is 0.329 e. The molecule has 2 rings (SSSR count). The van der Waals surface area contributed by atoms with Gasteiger partial charge in [0.25, 0.3) is 17.5 Å². The van der Waals surface area contributed by atoms with Gasteiger partial charge in [-0.3, -0.25) is 19.7 Å². The Labute approximate surface area is 165 Å². The van der Waals surface area contributed by atoms with Crippen LogP contribution in [0.25, 0.3) is 0 Å². The number of hydrogen-bond acceptors (Lipinski definition) is 6. The summed E-state index contributed by atoms with van der Waals surface area (Å²) in [6, 6.07) is 9.08. The second-order valence-corrected chi connectivity index (χ2v) is 6.08. The molecule has 152 valence electrons. The zero-order valence-electron chi connectivity index (χ0n) is 15.5. The summed E-state index contributed by atoms with van der Waals surface area (Å²) in [4.78, 5) is 46.5. The molecule has 0 heterocycles. The van der Waals surface area contributed by atoms with Gasteiger partial charge in [0.1, 0.15) is 11.9 Å². The topological polar surface area (TPSA) is 128 Å². The molecule has 0 spiro atoms. The number of anilines is 1. The average molecular weight is 403 g/mol. The normalized spacial score (nSPS) is 12.4. The number of nitrogens with one attached hydrogen (secondary N) is 2. The quantitative estimate of drug-likeness (QED) is 0.415. The zero-order chi connectivity index (χ0) is 21.6. The molecule has 0 radical (unpaired) electrons. The van der Waals surface area contributed by atoms with E-state index in [1.165, 1.54) is 50.2 Å². The average Bonchev–Trinajstić information content (AvgIpc) is 2.67. The predicted octanol–water partition coefficient (Wildman–Crippen LogP) is 2.42. The number of non-ortho nitro benzene ring substituents is 1. The van der Waals surface area contributed by atoms with Gasteiger partial charge in [0, 0.05) is 23.4 Å². The molecule has 2 aromatic carbocycles. The van der Waals surface area contributed by atoms with Crippen molar-refractivity contribution in [2.75, 3.05) is 5.32 Å². The SMILES string of the molecule is C[C@H](NC(=O)c1cccc([N+](=O)[O-])c1)C(=O)O[C@@H](C)C(=O)Nc1cccc(F)c1. The zero-order valence-corrected chi connectivity index (χ0v) is 15.5. The molecule has 0 saturated carbocycles. The van der Waals surface area contributed by atoms with E-state index in [2.05, 4.69) is 10.6 Å². The molecule has 10 heteroatoms. The summed E-state index contributed by atoms with van der Waals surface area (Å²) in [5, 5.41) is 15.5. The summed E-state index contributed by atoms with van der Waals surface area (Å²) in [5.41, 5.74) is -0.0730. The Morgan fingerprint density at radius 1 is 1.10 bits per heavy atom. The van der Waals surface area contributed by atoms with Crippen LogP contribution in [0.2, 0.25) is 0 Å². The number of rotatable bonds is 7. The first-order valence-electron chi connectivity index (χ1n) is 8.49. The van der Waals surface area contributed by atoms with E-state index in [9.17, 15) is 28.9 Å². The highest BCUT2D eigenvalue weighted by atomic mass is 19.1. The maximum absolute atomic E-state index is 13.2. The van der Waals surface area contributed by atoms with Crippen LogP contribution in [0.5, 0.6) is 0 Å². The number of carbonyl (C=O) groups excluding carboxylic acids is 3. The van der Waals surface area contributed by atoms with Gasteiger partial charge in [-0.25, -0.2) is 9.18 Å². The molecular formula is C19H18FN3O6. The summed E-state index contributed by atoms with van der Waals surface area (Å²) in [6.45, 7) is 2.66. The largest absolute Gasteiger partial charge is 0.451 e. The van der Waals surface area contributed by atoms with Gasteiger partial charge in [0.15, 0.2) is 6.10 Å². The summed E-state index contributed by atoms with van der Waals surface area (Å²) in [5.74, 6) is -2.81. The molecule has 29 heavy (non-hydrogen) atoms. The van der Waals surface area contributed by atoms with Gasteiger partial charge in [0.2, 0.25) is 0 Å². The lowest BCUT2D eigenvalue weighted by atomic mass is 10.2. The fourth-order valence-corrected chi connectivity index (χ4v) is 2.24.